The van der Waals surface area contributed by atoms with Crippen molar-refractivity contribution in [2.75, 3.05) is 13.1 Å². The molecule has 28 heavy (non-hydrogen) atoms. The maximum atomic E-state index is 13.1. The summed E-state index contributed by atoms with van der Waals surface area (Å²) in [5.74, 6) is 0.790. The lowest BCUT2D eigenvalue weighted by molar-refractivity contribution is 0.320. The van der Waals surface area contributed by atoms with Gasteiger partial charge in [0.15, 0.2) is 0 Å². The van der Waals surface area contributed by atoms with Crippen molar-refractivity contribution >= 4 is 20.9 Å². The first kappa shape index (κ1) is 19.2. The second-order valence-corrected chi connectivity index (χ2v) is 10.0. The van der Waals surface area contributed by atoms with Crippen LogP contribution in [0.25, 0.3) is 10.9 Å². The Labute approximate surface area is 167 Å². The number of rotatable bonds is 4. The Bertz CT molecular complexity index is 1070. The largest absolute Gasteiger partial charge is 0.358 e. The van der Waals surface area contributed by atoms with Crippen LogP contribution in [0, 0.1) is 6.92 Å². The van der Waals surface area contributed by atoms with Gasteiger partial charge in [-0.1, -0.05) is 44.2 Å². The second kappa shape index (κ2) is 7.37. The van der Waals surface area contributed by atoms with E-state index in [4.69, 9.17) is 0 Å². The zero-order valence-corrected chi connectivity index (χ0v) is 17.6. The minimum atomic E-state index is -3.42. The van der Waals surface area contributed by atoms with Crippen molar-refractivity contribution in [3.05, 3.63) is 65.4 Å². The van der Waals surface area contributed by atoms with E-state index < -0.39 is 10.0 Å². The number of piperidine rings is 1. The molecule has 1 aromatic heterocycles. The third-order valence-electron chi connectivity index (χ3n) is 5.99. The molecule has 148 valence electrons. The first-order valence-corrected chi connectivity index (χ1v) is 11.5. The summed E-state index contributed by atoms with van der Waals surface area (Å²) >= 11 is 0. The van der Waals surface area contributed by atoms with E-state index in [-0.39, 0.29) is 0 Å². The van der Waals surface area contributed by atoms with Gasteiger partial charge >= 0.3 is 0 Å². The summed E-state index contributed by atoms with van der Waals surface area (Å²) < 4.78 is 27.8. The van der Waals surface area contributed by atoms with E-state index in [1.165, 1.54) is 16.6 Å². The summed E-state index contributed by atoms with van der Waals surface area (Å²) in [5.41, 5.74) is 4.88. The monoisotopic (exact) mass is 396 g/mol. The van der Waals surface area contributed by atoms with Gasteiger partial charge in [-0.15, -0.1) is 0 Å². The van der Waals surface area contributed by atoms with Crippen molar-refractivity contribution in [1.82, 2.24) is 9.29 Å². The second-order valence-electron chi connectivity index (χ2n) is 8.11. The van der Waals surface area contributed by atoms with Crippen molar-refractivity contribution in [1.29, 1.82) is 0 Å². The molecule has 0 spiro atoms. The summed E-state index contributed by atoms with van der Waals surface area (Å²) in [6.45, 7) is 7.48. The molecule has 0 unspecified atom stereocenters. The first-order chi connectivity index (χ1) is 13.4. The number of H-pyrrole nitrogens is 1. The standard InChI is InChI=1S/C23H28N2O2S/c1-16(2)18-8-10-20(11-9-18)28(26,27)25-14-12-19(13-15-25)23-17(3)24-22-7-5-4-6-21(22)23/h4-11,16,19,24H,12-15H2,1-3H3. The molecule has 0 radical (unpaired) electrons. The van der Waals surface area contributed by atoms with E-state index in [2.05, 4.69) is 44.0 Å². The molecular weight excluding hydrogens is 368 g/mol. The smallest absolute Gasteiger partial charge is 0.243 e. The summed E-state index contributed by atoms with van der Waals surface area (Å²) in [6.07, 6.45) is 1.71. The van der Waals surface area contributed by atoms with Gasteiger partial charge in [-0.2, -0.15) is 4.31 Å². The Kier molecular flexibility index (Phi) is 5.06. The predicted octanol–water partition coefficient (Wildman–Crippen LogP) is 5.17. The van der Waals surface area contributed by atoms with Crippen molar-refractivity contribution in [2.45, 2.75) is 50.3 Å². The molecule has 4 rings (SSSR count). The molecule has 2 aromatic carbocycles. The van der Waals surface area contributed by atoms with Crippen LogP contribution in [-0.4, -0.2) is 30.8 Å². The fourth-order valence-corrected chi connectivity index (χ4v) is 5.85. The molecule has 5 heteroatoms. The SMILES string of the molecule is Cc1[nH]c2ccccc2c1C1CCN(S(=O)(=O)c2ccc(C(C)C)cc2)CC1. The van der Waals surface area contributed by atoms with Crippen LogP contribution >= 0.6 is 0 Å². The number of nitrogens with one attached hydrogen (secondary N) is 1. The molecule has 0 aliphatic carbocycles. The molecule has 0 amide bonds. The van der Waals surface area contributed by atoms with Crippen LogP contribution in [0.15, 0.2) is 53.4 Å². The van der Waals surface area contributed by atoms with Gasteiger partial charge in [0.05, 0.1) is 4.90 Å². The van der Waals surface area contributed by atoms with Crippen LogP contribution in [0.3, 0.4) is 0 Å². The third kappa shape index (κ3) is 3.38. The van der Waals surface area contributed by atoms with Crippen molar-refractivity contribution in [3.63, 3.8) is 0 Å². The lowest BCUT2D eigenvalue weighted by Gasteiger charge is -2.31. The number of aryl methyl sites for hydroxylation is 1. The third-order valence-corrected chi connectivity index (χ3v) is 7.90. The van der Waals surface area contributed by atoms with Gasteiger partial charge in [0.25, 0.3) is 0 Å². The van der Waals surface area contributed by atoms with E-state index in [0.29, 0.717) is 29.8 Å². The number of nitrogens with zero attached hydrogens (tertiary/aromatic N) is 1. The van der Waals surface area contributed by atoms with Crippen LogP contribution in [0.4, 0.5) is 0 Å². The van der Waals surface area contributed by atoms with Gasteiger partial charge in [-0.3, -0.25) is 0 Å². The van der Waals surface area contributed by atoms with Crippen molar-refractivity contribution < 1.29 is 8.42 Å². The van der Waals surface area contributed by atoms with Gasteiger partial charge in [0.1, 0.15) is 0 Å². The molecule has 4 nitrogen and oxygen atoms in total. The molecule has 0 bridgehead atoms. The number of aromatic nitrogens is 1. The quantitative estimate of drug-likeness (QED) is 0.661. The fraction of sp³-hybridized carbons (Fsp3) is 0.391. The molecule has 0 atom stereocenters. The highest BCUT2D eigenvalue weighted by Gasteiger charge is 2.31. The zero-order valence-electron chi connectivity index (χ0n) is 16.8. The minimum absolute atomic E-state index is 0.394. The number of sulfonamides is 1. The highest BCUT2D eigenvalue weighted by Crippen LogP contribution is 2.36. The maximum Gasteiger partial charge on any atom is 0.243 e. The maximum absolute atomic E-state index is 13.1. The molecule has 1 fully saturated rings. The van der Waals surface area contributed by atoms with E-state index in [1.54, 1.807) is 16.4 Å². The van der Waals surface area contributed by atoms with Crippen molar-refractivity contribution in [2.24, 2.45) is 0 Å². The first-order valence-electron chi connectivity index (χ1n) is 10.0. The molecule has 1 saturated heterocycles. The molecule has 1 aliphatic rings. The van der Waals surface area contributed by atoms with Gasteiger partial charge in [-0.05, 0) is 60.9 Å². The number of para-hydroxylation sites is 1. The molecule has 1 aliphatic heterocycles. The van der Waals surface area contributed by atoms with Crippen LogP contribution < -0.4 is 0 Å². The fourth-order valence-electron chi connectivity index (χ4n) is 4.38. The van der Waals surface area contributed by atoms with Gasteiger partial charge in [0, 0.05) is 29.7 Å². The van der Waals surface area contributed by atoms with Crippen LogP contribution in [-0.2, 0) is 10.0 Å². The Morgan fingerprint density at radius 2 is 1.64 bits per heavy atom. The van der Waals surface area contributed by atoms with Crippen LogP contribution in [0.1, 0.15) is 55.3 Å². The summed E-state index contributed by atoms with van der Waals surface area (Å²) in [6, 6.07) is 15.7. The highest BCUT2D eigenvalue weighted by molar-refractivity contribution is 7.89. The molecule has 0 saturated carbocycles. The number of fused-ring (bicyclic) bond motifs is 1. The topological polar surface area (TPSA) is 53.2 Å². The molecule has 1 N–H and O–H groups in total. The average molecular weight is 397 g/mol. The number of hydrogen-bond acceptors (Lipinski definition) is 2. The predicted molar refractivity (Wildman–Crippen MR) is 114 cm³/mol. The molecule has 3 aromatic rings. The van der Waals surface area contributed by atoms with Gasteiger partial charge in [-0.25, -0.2) is 8.42 Å². The van der Waals surface area contributed by atoms with Crippen LogP contribution in [0.2, 0.25) is 0 Å². The molecular formula is C23H28N2O2S. The normalized spacial score (nSPS) is 16.9. The Hall–Kier alpha value is -2.11. The summed E-state index contributed by atoms with van der Waals surface area (Å²) in [4.78, 5) is 3.88. The van der Waals surface area contributed by atoms with E-state index in [1.807, 2.05) is 18.2 Å². The van der Waals surface area contributed by atoms with E-state index >= 15 is 0 Å². The zero-order chi connectivity index (χ0) is 19.9. The highest BCUT2D eigenvalue weighted by atomic mass is 32.2. The Balaban J connectivity index is 1.52. The van der Waals surface area contributed by atoms with E-state index in [0.717, 1.165) is 23.9 Å². The Morgan fingerprint density at radius 1 is 1.00 bits per heavy atom. The number of hydrogen-bond donors (Lipinski definition) is 1. The lowest BCUT2D eigenvalue weighted by Crippen LogP contribution is -2.38. The average Bonchev–Trinajstić information content (AvgIpc) is 3.04. The number of aromatic amines is 1. The van der Waals surface area contributed by atoms with Crippen molar-refractivity contribution in [3.8, 4) is 0 Å². The van der Waals surface area contributed by atoms with E-state index in [9.17, 15) is 8.42 Å². The Morgan fingerprint density at radius 3 is 2.29 bits per heavy atom. The van der Waals surface area contributed by atoms with Crippen LogP contribution in [0.5, 0.6) is 0 Å². The minimum Gasteiger partial charge on any atom is -0.358 e. The number of benzene rings is 2. The van der Waals surface area contributed by atoms with Gasteiger partial charge in [0.2, 0.25) is 10.0 Å². The van der Waals surface area contributed by atoms with Gasteiger partial charge < -0.3 is 4.98 Å². The summed E-state index contributed by atoms with van der Waals surface area (Å²) in [5, 5.41) is 1.27. The molecule has 2 heterocycles. The summed E-state index contributed by atoms with van der Waals surface area (Å²) in [7, 11) is -3.42. The lowest BCUT2D eigenvalue weighted by atomic mass is 9.88.